The van der Waals surface area contributed by atoms with Gasteiger partial charge in [0.25, 0.3) is 0 Å². The molecule has 0 fully saturated rings. The first-order valence-electron chi connectivity index (χ1n) is 5.31. The van der Waals surface area contributed by atoms with Crippen molar-refractivity contribution < 1.29 is 10.2 Å². The molecule has 4 nitrogen and oxygen atoms in total. The summed E-state index contributed by atoms with van der Waals surface area (Å²) in [6.07, 6.45) is 2.34. The van der Waals surface area contributed by atoms with Gasteiger partial charge in [-0.2, -0.15) is 0 Å². The van der Waals surface area contributed by atoms with Crippen LogP contribution in [0.3, 0.4) is 0 Å². The zero-order chi connectivity index (χ0) is 11.8. The summed E-state index contributed by atoms with van der Waals surface area (Å²) < 4.78 is 0. The third-order valence-electron chi connectivity index (χ3n) is 2.28. The van der Waals surface area contributed by atoms with Gasteiger partial charge in [0.1, 0.15) is 5.15 Å². The summed E-state index contributed by atoms with van der Waals surface area (Å²) >= 11 is 5.95. The van der Waals surface area contributed by atoms with Gasteiger partial charge in [-0.05, 0) is 12.5 Å². The van der Waals surface area contributed by atoms with Crippen LogP contribution in [0.5, 0.6) is 0 Å². The van der Waals surface area contributed by atoms with Gasteiger partial charge >= 0.3 is 0 Å². The Kier molecular flexibility index (Phi) is 6.33. The third-order valence-corrected chi connectivity index (χ3v) is 2.62. The van der Waals surface area contributed by atoms with Gasteiger partial charge in [-0.1, -0.05) is 17.7 Å². The lowest BCUT2D eigenvalue weighted by Crippen LogP contribution is -2.28. The monoisotopic (exact) mass is 244 g/mol. The Morgan fingerprint density at radius 3 is 2.69 bits per heavy atom. The SMILES string of the molecule is OCCCN(CCO)Cc1cccnc1Cl. The van der Waals surface area contributed by atoms with Crippen molar-refractivity contribution >= 4 is 11.6 Å². The fourth-order valence-corrected chi connectivity index (χ4v) is 1.66. The Hall–Kier alpha value is -0.680. The van der Waals surface area contributed by atoms with Crippen molar-refractivity contribution in [3.05, 3.63) is 29.0 Å². The van der Waals surface area contributed by atoms with Gasteiger partial charge in [0, 0.05) is 38.0 Å². The molecule has 2 N–H and O–H groups in total. The summed E-state index contributed by atoms with van der Waals surface area (Å²) in [7, 11) is 0. The second-order valence-corrected chi connectivity index (χ2v) is 3.89. The van der Waals surface area contributed by atoms with Crippen LogP contribution >= 0.6 is 11.6 Å². The van der Waals surface area contributed by atoms with E-state index in [0.29, 0.717) is 24.7 Å². The molecule has 0 radical (unpaired) electrons. The number of hydrogen-bond donors (Lipinski definition) is 2. The molecule has 0 aliphatic carbocycles. The fraction of sp³-hybridized carbons (Fsp3) is 0.545. The minimum absolute atomic E-state index is 0.101. The molecule has 1 aromatic rings. The molecule has 0 amide bonds. The molecule has 0 bridgehead atoms. The van der Waals surface area contributed by atoms with E-state index in [2.05, 4.69) is 4.98 Å². The number of pyridine rings is 1. The molecule has 16 heavy (non-hydrogen) atoms. The molecule has 1 rings (SSSR count). The van der Waals surface area contributed by atoms with Crippen molar-refractivity contribution in [2.75, 3.05) is 26.3 Å². The highest BCUT2D eigenvalue weighted by atomic mass is 35.5. The highest BCUT2D eigenvalue weighted by molar-refractivity contribution is 6.30. The predicted molar refractivity (Wildman–Crippen MR) is 63.3 cm³/mol. The van der Waals surface area contributed by atoms with Crippen LogP contribution in [0.2, 0.25) is 5.15 Å². The Morgan fingerprint density at radius 1 is 1.25 bits per heavy atom. The van der Waals surface area contributed by atoms with Gasteiger partial charge in [0.15, 0.2) is 0 Å². The van der Waals surface area contributed by atoms with Crippen molar-refractivity contribution in [2.45, 2.75) is 13.0 Å². The summed E-state index contributed by atoms with van der Waals surface area (Å²) in [5.74, 6) is 0. The van der Waals surface area contributed by atoms with E-state index < -0.39 is 0 Å². The fourth-order valence-electron chi connectivity index (χ4n) is 1.48. The first-order valence-corrected chi connectivity index (χ1v) is 5.69. The van der Waals surface area contributed by atoms with E-state index in [9.17, 15) is 0 Å². The quantitative estimate of drug-likeness (QED) is 0.701. The molecule has 0 unspecified atom stereocenters. The Labute approximate surface area is 100 Å². The van der Waals surface area contributed by atoms with Crippen LogP contribution in [0.25, 0.3) is 0 Å². The van der Waals surface area contributed by atoms with Crippen LogP contribution < -0.4 is 0 Å². The zero-order valence-electron chi connectivity index (χ0n) is 9.14. The molecule has 0 aromatic carbocycles. The maximum Gasteiger partial charge on any atom is 0.133 e. The number of aromatic nitrogens is 1. The van der Waals surface area contributed by atoms with E-state index in [1.807, 2.05) is 17.0 Å². The van der Waals surface area contributed by atoms with E-state index in [1.165, 1.54) is 0 Å². The molecule has 0 aliphatic rings. The van der Waals surface area contributed by atoms with Crippen LogP contribution in [-0.2, 0) is 6.54 Å². The van der Waals surface area contributed by atoms with Crippen LogP contribution in [0, 0.1) is 0 Å². The minimum atomic E-state index is 0.101. The summed E-state index contributed by atoms with van der Waals surface area (Å²) in [6, 6.07) is 3.75. The smallest absolute Gasteiger partial charge is 0.133 e. The van der Waals surface area contributed by atoms with Crippen LogP contribution in [0.15, 0.2) is 18.3 Å². The number of aliphatic hydroxyl groups excluding tert-OH is 2. The van der Waals surface area contributed by atoms with Crippen molar-refractivity contribution in [3.63, 3.8) is 0 Å². The second kappa shape index (κ2) is 7.57. The molecule has 5 heteroatoms. The lowest BCUT2D eigenvalue weighted by Gasteiger charge is -2.21. The molecular weight excluding hydrogens is 228 g/mol. The Morgan fingerprint density at radius 2 is 2.06 bits per heavy atom. The summed E-state index contributed by atoms with van der Waals surface area (Å²) in [6.45, 7) is 2.22. The minimum Gasteiger partial charge on any atom is -0.396 e. The van der Waals surface area contributed by atoms with E-state index in [4.69, 9.17) is 21.8 Å². The molecule has 1 aromatic heterocycles. The highest BCUT2D eigenvalue weighted by Gasteiger charge is 2.07. The average molecular weight is 245 g/mol. The zero-order valence-corrected chi connectivity index (χ0v) is 9.90. The van der Waals surface area contributed by atoms with Crippen LogP contribution in [0.4, 0.5) is 0 Å². The maximum atomic E-state index is 8.93. The second-order valence-electron chi connectivity index (χ2n) is 3.53. The molecule has 90 valence electrons. The molecule has 0 atom stereocenters. The molecular formula is C11H17ClN2O2. The average Bonchev–Trinajstić information content (AvgIpc) is 2.29. The summed E-state index contributed by atoms with van der Waals surface area (Å²) in [5.41, 5.74) is 0.940. The number of halogens is 1. The number of rotatable bonds is 7. The first-order chi connectivity index (χ1) is 7.77. The lowest BCUT2D eigenvalue weighted by atomic mass is 10.2. The van der Waals surface area contributed by atoms with Crippen molar-refractivity contribution in [1.29, 1.82) is 0 Å². The van der Waals surface area contributed by atoms with Crippen LogP contribution in [-0.4, -0.2) is 46.4 Å². The molecule has 0 aliphatic heterocycles. The molecule has 0 saturated carbocycles. The number of aliphatic hydroxyl groups is 2. The largest absolute Gasteiger partial charge is 0.396 e. The molecule has 1 heterocycles. The molecule has 0 saturated heterocycles. The van der Waals surface area contributed by atoms with Gasteiger partial charge in [0.05, 0.1) is 6.61 Å². The van der Waals surface area contributed by atoms with E-state index in [0.717, 1.165) is 12.1 Å². The summed E-state index contributed by atoms with van der Waals surface area (Å²) in [4.78, 5) is 6.04. The van der Waals surface area contributed by atoms with Crippen molar-refractivity contribution in [3.8, 4) is 0 Å². The van der Waals surface area contributed by atoms with Gasteiger partial charge in [-0.3, -0.25) is 4.90 Å². The highest BCUT2D eigenvalue weighted by Crippen LogP contribution is 2.14. The van der Waals surface area contributed by atoms with E-state index in [1.54, 1.807) is 6.20 Å². The van der Waals surface area contributed by atoms with E-state index in [-0.39, 0.29) is 13.2 Å². The topological polar surface area (TPSA) is 56.6 Å². The normalized spacial score (nSPS) is 11.0. The number of nitrogens with zero attached hydrogens (tertiary/aromatic N) is 2. The number of hydrogen-bond acceptors (Lipinski definition) is 4. The van der Waals surface area contributed by atoms with E-state index >= 15 is 0 Å². The summed E-state index contributed by atoms with van der Waals surface area (Å²) in [5, 5.41) is 18.2. The third kappa shape index (κ3) is 4.45. The van der Waals surface area contributed by atoms with Gasteiger partial charge < -0.3 is 10.2 Å². The molecule has 0 spiro atoms. The standard InChI is InChI=1S/C11H17ClN2O2/c12-11-10(3-1-4-13-11)9-14(6-8-16)5-2-7-15/h1,3-4,15-16H,2,5-9H2. The van der Waals surface area contributed by atoms with Crippen molar-refractivity contribution in [1.82, 2.24) is 9.88 Å². The van der Waals surface area contributed by atoms with Gasteiger partial charge in [-0.15, -0.1) is 0 Å². The Balaban J connectivity index is 2.56. The van der Waals surface area contributed by atoms with Crippen molar-refractivity contribution in [2.24, 2.45) is 0 Å². The first kappa shape index (κ1) is 13.4. The maximum absolute atomic E-state index is 8.93. The lowest BCUT2D eigenvalue weighted by molar-refractivity contribution is 0.174. The van der Waals surface area contributed by atoms with Gasteiger partial charge in [-0.25, -0.2) is 4.98 Å². The van der Waals surface area contributed by atoms with Crippen LogP contribution in [0.1, 0.15) is 12.0 Å². The Bertz CT molecular complexity index is 310. The predicted octanol–water partition coefficient (Wildman–Crippen LogP) is 0.912. The van der Waals surface area contributed by atoms with Gasteiger partial charge in [0.2, 0.25) is 0 Å².